The minimum atomic E-state index is -0.0495. The molecule has 3 heteroatoms. The quantitative estimate of drug-likeness (QED) is 0.804. The third-order valence-electron chi connectivity index (χ3n) is 2.15. The zero-order valence-electron chi connectivity index (χ0n) is 8.01. The predicted octanol–water partition coefficient (Wildman–Crippen LogP) is 2.88. The van der Waals surface area contributed by atoms with E-state index in [1.165, 1.54) is 6.07 Å². The van der Waals surface area contributed by atoms with Gasteiger partial charge in [-0.3, -0.25) is 4.79 Å². The summed E-state index contributed by atoms with van der Waals surface area (Å²) in [7, 11) is 0. The van der Waals surface area contributed by atoms with Gasteiger partial charge >= 0.3 is 0 Å². The third kappa shape index (κ3) is 2.25. The molecule has 0 unspecified atom stereocenters. The molecular formula is C12H10O2S. The van der Waals surface area contributed by atoms with Crippen LogP contribution in [0.25, 0.3) is 0 Å². The van der Waals surface area contributed by atoms with Crippen LogP contribution in [0, 0.1) is 0 Å². The van der Waals surface area contributed by atoms with Crippen molar-refractivity contribution in [1.82, 2.24) is 0 Å². The van der Waals surface area contributed by atoms with Gasteiger partial charge in [0, 0.05) is 6.42 Å². The van der Waals surface area contributed by atoms with Crippen molar-refractivity contribution >= 4 is 17.1 Å². The molecule has 0 amide bonds. The van der Waals surface area contributed by atoms with Crippen molar-refractivity contribution in [1.29, 1.82) is 0 Å². The number of carbonyl (C=O) groups excluding carboxylic acids is 1. The Labute approximate surface area is 91.8 Å². The topological polar surface area (TPSA) is 37.3 Å². The normalized spacial score (nSPS) is 10.1. The number of carbonyl (C=O) groups is 1. The highest BCUT2D eigenvalue weighted by atomic mass is 32.1. The molecule has 1 heterocycles. The number of ketones is 1. The maximum atomic E-state index is 11.8. The van der Waals surface area contributed by atoms with Gasteiger partial charge in [-0.1, -0.05) is 12.1 Å². The Morgan fingerprint density at radius 3 is 2.73 bits per heavy atom. The van der Waals surface area contributed by atoms with Gasteiger partial charge in [0.15, 0.2) is 5.78 Å². The Morgan fingerprint density at radius 2 is 2.07 bits per heavy atom. The number of phenolic OH excluding ortho intramolecular Hbond substituents is 1. The average Bonchev–Trinajstić information content (AvgIpc) is 2.71. The number of aromatic hydroxyl groups is 1. The van der Waals surface area contributed by atoms with Crippen molar-refractivity contribution in [3.05, 3.63) is 52.2 Å². The Morgan fingerprint density at radius 1 is 1.27 bits per heavy atom. The molecule has 76 valence electrons. The van der Waals surface area contributed by atoms with Crippen molar-refractivity contribution in [2.75, 3.05) is 0 Å². The van der Waals surface area contributed by atoms with Crippen molar-refractivity contribution < 1.29 is 9.90 Å². The molecule has 0 atom stereocenters. The molecule has 0 saturated carbocycles. The number of hydrogen-bond donors (Lipinski definition) is 1. The maximum Gasteiger partial charge on any atom is 0.170 e. The summed E-state index contributed by atoms with van der Waals surface area (Å²) in [6.07, 6.45) is 0.348. The summed E-state index contributed by atoms with van der Waals surface area (Å²) in [5, 5.41) is 13.4. The Bertz CT molecular complexity index is 460. The van der Waals surface area contributed by atoms with E-state index in [1.54, 1.807) is 29.5 Å². The largest absolute Gasteiger partial charge is 0.507 e. The molecule has 0 bridgehead atoms. The van der Waals surface area contributed by atoms with Crippen LogP contribution < -0.4 is 0 Å². The molecule has 0 radical (unpaired) electrons. The Kier molecular flexibility index (Phi) is 2.83. The molecule has 0 saturated heterocycles. The van der Waals surface area contributed by atoms with Crippen molar-refractivity contribution in [2.45, 2.75) is 6.42 Å². The van der Waals surface area contributed by atoms with Crippen molar-refractivity contribution in [2.24, 2.45) is 0 Å². The summed E-state index contributed by atoms with van der Waals surface area (Å²) >= 11 is 1.57. The molecule has 0 aliphatic carbocycles. The van der Waals surface area contributed by atoms with Crippen molar-refractivity contribution in [3.8, 4) is 5.75 Å². The fourth-order valence-electron chi connectivity index (χ4n) is 1.38. The summed E-state index contributed by atoms with van der Waals surface area (Å²) in [5.41, 5.74) is 1.39. The van der Waals surface area contributed by atoms with E-state index in [4.69, 9.17) is 0 Å². The zero-order valence-corrected chi connectivity index (χ0v) is 8.83. The van der Waals surface area contributed by atoms with Gasteiger partial charge in [-0.15, -0.1) is 0 Å². The number of Topliss-reactive ketones (excluding diaryl/α,β-unsaturated/α-hetero) is 1. The SMILES string of the molecule is O=C(Cc1ccsc1)c1ccccc1O. The van der Waals surface area contributed by atoms with Crippen LogP contribution in [0.4, 0.5) is 0 Å². The molecule has 1 aromatic heterocycles. The molecule has 15 heavy (non-hydrogen) atoms. The fraction of sp³-hybridized carbons (Fsp3) is 0.0833. The first-order chi connectivity index (χ1) is 7.27. The van der Waals surface area contributed by atoms with Gasteiger partial charge in [-0.05, 0) is 34.5 Å². The second-order valence-corrected chi connectivity index (χ2v) is 4.03. The first kappa shape index (κ1) is 9.93. The van der Waals surface area contributed by atoms with Crippen LogP contribution in [0.5, 0.6) is 5.75 Å². The van der Waals surface area contributed by atoms with Crippen LogP contribution in [0.15, 0.2) is 41.1 Å². The lowest BCUT2D eigenvalue weighted by atomic mass is 10.0. The second kappa shape index (κ2) is 4.28. The number of phenols is 1. The van der Waals surface area contributed by atoms with Crippen LogP contribution in [0.3, 0.4) is 0 Å². The summed E-state index contributed by atoms with van der Waals surface area (Å²) in [4.78, 5) is 11.8. The lowest BCUT2D eigenvalue weighted by molar-refractivity contribution is 0.0990. The molecule has 0 fully saturated rings. The molecule has 0 spiro atoms. The number of thiophene rings is 1. The summed E-state index contributed by atoms with van der Waals surface area (Å²) in [5.74, 6) is 0.00392. The summed E-state index contributed by atoms with van der Waals surface area (Å²) in [6, 6.07) is 8.55. The lowest BCUT2D eigenvalue weighted by Crippen LogP contribution is -2.02. The molecule has 2 rings (SSSR count). The summed E-state index contributed by atoms with van der Waals surface area (Å²) in [6.45, 7) is 0. The van der Waals surface area contributed by atoms with Crippen LogP contribution in [-0.2, 0) is 6.42 Å². The zero-order chi connectivity index (χ0) is 10.7. The van der Waals surface area contributed by atoms with Gasteiger partial charge in [0.25, 0.3) is 0 Å². The highest BCUT2D eigenvalue weighted by molar-refractivity contribution is 7.08. The first-order valence-corrected chi connectivity index (χ1v) is 5.54. The van der Waals surface area contributed by atoms with E-state index in [0.29, 0.717) is 12.0 Å². The van der Waals surface area contributed by atoms with E-state index >= 15 is 0 Å². The fourth-order valence-corrected chi connectivity index (χ4v) is 2.05. The van der Waals surface area contributed by atoms with Gasteiger partial charge < -0.3 is 5.11 Å². The maximum absolute atomic E-state index is 11.8. The van der Waals surface area contributed by atoms with E-state index in [2.05, 4.69) is 0 Å². The highest BCUT2D eigenvalue weighted by Crippen LogP contribution is 2.18. The standard InChI is InChI=1S/C12H10O2S/c13-11-4-2-1-3-10(11)12(14)7-9-5-6-15-8-9/h1-6,8,13H,7H2. The molecule has 2 aromatic rings. The van der Waals surface area contributed by atoms with E-state index in [1.807, 2.05) is 16.8 Å². The first-order valence-electron chi connectivity index (χ1n) is 4.59. The second-order valence-electron chi connectivity index (χ2n) is 3.25. The minimum Gasteiger partial charge on any atom is -0.507 e. The monoisotopic (exact) mass is 218 g/mol. The number of benzene rings is 1. The van der Waals surface area contributed by atoms with Crippen LogP contribution >= 0.6 is 11.3 Å². The molecule has 1 aromatic carbocycles. The Balaban J connectivity index is 2.19. The van der Waals surface area contributed by atoms with Gasteiger partial charge in [0.1, 0.15) is 5.75 Å². The van der Waals surface area contributed by atoms with Crippen molar-refractivity contribution in [3.63, 3.8) is 0 Å². The molecule has 2 nitrogen and oxygen atoms in total. The van der Waals surface area contributed by atoms with Crippen LogP contribution in [-0.4, -0.2) is 10.9 Å². The van der Waals surface area contributed by atoms with Crippen LogP contribution in [0.1, 0.15) is 15.9 Å². The number of para-hydroxylation sites is 1. The van der Waals surface area contributed by atoms with Gasteiger partial charge in [-0.2, -0.15) is 11.3 Å². The van der Waals surface area contributed by atoms with Gasteiger partial charge in [-0.25, -0.2) is 0 Å². The molecular weight excluding hydrogens is 208 g/mol. The smallest absolute Gasteiger partial charge is 0.170 e. The predicted molar refractivity (Wildman–Crippen MR) is 60.5 cm³/mol. The van der Waals surface area contributed by atoms with E-state index in [0.717, 1.165) is 5.56 Å². The average molecular weight is 218 g/mol. The van der Waals surface area contributed by atoms with Gasteiger partial charge in [0.2, 0.25) is 0 Å². The van der Waals surface area contributed by atoms with Crippen LogP contribution in [0.2, 0.25) is 0 Å². The summed E-state index contributed by atoms with van der Waals surface area (Å²) < 4.78 is 0. The van der Waals surface area contributed by atoms with Gasteiger partial charge in [0.05, 0.1) is 5.56 Å². The molecule has 0 aliphatic rings. The number of rotatable bonds is 3. The van der Waals surface area contributed by atoms with E-state index in [9.17, 15) is 9.90 Å². The highest BCUT2D eigenvalue weighted by Gasteiger charge is 2.10. The molecule has 0 aliphatic heterocycles. The molecule has 1 N–H and O–H groups in total. The van der Waals surface area contributed by atoms with E-state index in [-0.39, 0.29) is 11.5 Å². The minimum absolute atomic E-state index is 0.0495. The lowest BCUT2D eigenvalue weighted by Gasteiger charge is -2.01. The third-order valence-corrected chi connectivity index (χ3v) is 2.88. The Hall–Kier alpha value is -1.61. The number of hydrogen-bond acceptors (Lipinski definition) is 3. The van der Waals surface area contributed by atoms with E-state index < -0.39 is 0 Å².